The van der Waals surface area contributed by atoms with E-state index in [1.54, 1.807) is 4.90 Å². The molecule has 0 saturated carbocycles. The predicted molar refractivity (Wildman–Crippen MR) is 85.8 cm³/mol. The van der Waals surface area contributed by atoms with Crippen LogP contribution in [-0.4, -0.2) is 60.4 Å². The number of piperidine rings is 2. The molecular weight excluding hydrogens is 321 g/mol. The molecule has 2 aliphatic heterocycles. The second-order valence-electron chi connectivity index (χ2n) is 8.05. The Morgan fingerprint density at radius 1 is 1.08 bits per heavy atom. The summed E-state index contributed by atoms with van der Waals surface area (Å²) in [4.78, 5) is 15.7. The van der Waals surface area contributed by atoms with E-state index >= 15 is 0 Å². The molecule has 24 heavy (non-hydrogen) atoms. The van der Waals surface area contributed by atoms with Gasteiger partial charge in [0.15, 0.2) is 0 Å². The molecule has 7 heteroatoms. The summed E-state index contributed by atoms with van der Waals surface area (Å²) < 4.78 is 44.0. The summed E-state index contributed by atoms with van der Waals surface area (Å²) in [6.45, 7) is 8.33. The van der Waals surface area contributed by atoms with E-state index in [9.17, 15) is 18.0 Å². The van der Waals surface area contributed by atoms with Crippen LogP contribution in [-0.2, 0) is 4.74 Å². The molecule has 0 aromatic carbocycles. The number of nitrogens with zero attached hydrogens (tertiary/aromatic N) is 2. The second-order valence-corrected chi connectivity index (χ2v) is 8.05. The van der Waals surface area contributed by atoms with E-state index in [4.69, 9.17) is 4.74 Å². The molecule has 2 rings (SSSR count). The number of hydrogen-bond acceptors (Lipinski definition) is 3. The van der Waals surface area contributed by atoms with E-state index in [0.29, 0.717) is 32.0 Å². The molecule has 2 heterocycles. The summed E-state index contributed by atoms with van der Waals surface area (Å²) in [6.07, 6.45) is -1.87. The molecule has 4 nitrogen and oxygen atoms in total. The lowest BCUT2D eigenvalue weighted by Crippen LogP contribution is -2.46. The third-order valence-electron chi connectivity index (χ3n) is 4.75. The summed E-state index contributed by atoms with van der Waals surface area (Å²) in [5.41, 5.74) is -0.506. The molecule has 2 fully saturated rings. The minimum Gasteiger partial charge on any atom is -0.444 e. The smallest absolute Gasteiger partial charge is 0.410 e. The second kappa shape index (κ2) is 7.50. The molecule has 2 saturated heterocycles. The highest BCUT2D eigenvalue weighted by molar-refractivity contribution is 5.68. The van der Waals surface area contributed by atoms with Crippen molar-refractivity contribution in [1.82, 2.24) is 9.80 Å². The Labute approximate surface area is 142 Å². The van der Waals surface area contributed by atoms with Gasteiger partial charge in [-0.25, -0.2) is 4.79 Å². The van der Waals surface area contributed by atoms with Crippen molar-refractivity contribution in [2.75, 3.05) is 32.7 Å². The first-order chi connectivity index (χ1) is 11.0. The Morgan fingerprint density at radius 2 is 1.71 bits per heavy atom. The van der Waals surface area contributed by atoms with Gasteiger partial charge in [-0.15, -0.1) is 0 Å². The predicted octanol–water partition coefficient (Wildman–Crippen LogP) is 3.91. The zero-order chi connectivity index (χ0) is 18.0. The van der Waals surface area contributed by atoms with Crippen LogP contribution < -0.4 is 0 Å². The van der Waals surface area contributed by atoms with Gasteiger partial charge in [0, 0.05) is 26.2 Å². The maximum atomic E-state index is 12.9. The Kier molecular flexibility index (Phi) is 6.04. The standard InChI is InChI=1S/C17H29F3N2O2/c1-16(2,3)24-15(23)22-9-6-13(7-10-22)11-21-8-4-5-14(12-21)17(18,19)20/h13-14H,4-12H2,1-3H3. The Balaban J connectivity index is 1.76. The largest absolute Gasteiger partial charge is 0.444 e. The monoisotopic (exact) mass is 350 g/mol. The van der Waals surface area contributed by atoms with Crippen molar-refractivity contribution >= 4 is 6.09 Å². The van der Waals surface area contributed by atoms with Crippen molar-refractivity contribution in [2.24, 2.45) is 11.8 Å². The van der Waals surface area contributed by atoms with Crippen molar-refractivity contribution in [3.63, 3.8) is 0 Å². The first-order valence-electron chi connectivity index (χ1n) is 8.81. The summed E-state index contributed by atoms with van der Waals surface area (Å²) in [5.74, 6) is -0.830. The van der Waals surface area contributed by atoms with Gasteiger partial charge in [0.25, 0.3) is 0 Å². The van der Waals surface area contributed by atoms with Crippen molar-refractivity contribution in [3.8, 4) is 0 Å². The molecule has 0 radical (unpaired) electrons. The number of ether oxygens (including phenoxy) is 1. The lowest BCUT2D eigenvalue weighted by molar-refractivity contribution is -0.187. The zero-order valence-corrected chi connectivity index (χ0v) is 14.9. The number of hydrogen-bond donors (Lipinski definition) is 0. The van der Waals surface area contributed by atoms with Crippen LogP contribution in [0, 0.1) is 11.8 Å². The molecule has 0 aromatic rings. The quantitative estimate of drug-likeness (QED) is 0.757. The first kappa shape index (κ1) is 19.3. The van der Waals surface area contributed by atoms with Gasteiger partial charge < -0.3 is 14.5 Å². The van der Waals surface area contributed by atoms with Crippen LogP contribution in [0.4, 0.5) is 18.0 Å². The van der Waals surface area contributed by atoms with Crippen molar-refractivity contribution in [3.05, 3.63) is 0 Å². The van der Waals surface area contributed by atoms with Crippen LogP contribution in [0.3, 0.4) is 0 Å². The molecular formula is C17H29F3N2O2. The van der Waals surface area contributed by atoms with Crippen LogP contribution >= 0.6 is 0 Å². The molecule has 140 valence electrons. The number of rotatable bonds is 2. The highest BCUT2D eigenvalue weighted by Crippen LogP contribution is 2.33. The highest BCUT2D eigenvalue weighted by atomic mass is 19.4. The number of carbonyl (C=O) groups excluding carboxylic acids is 1. The lowest BCUT2D eigenvalue weighted by atomic mass is 9.93. The Hall–Kier alpha value is -0.980. The third-order valence-corrected chi connectivity index (χ3v) is 4.75. The van der Waals surface area contributed by atoms with E-state index in [1.165, 1.54) is 0 Å². The molecule has 1 unspecified atom stereocenters. The van der Waals surface area contributed by atoms with Gasteiger partial charge in [-0.1, -0.05) is 0 Å². The van der Waals surface area contributed by atoms with Gasteiger partial charge in [0.1, 0.15) is 5.60 Å². The fourth-order valence-electron chi connectivity index (χ4n) is 3.48. The maximum Gasteiger partial charge on any atom is 0.410 e. The SMILES string of the molecule is CC(C)(C)OC(=O)N1CCC(CN2CCCC(C(F)(F)F)C2)CC1. The number of likely N-dealkylation sites (tertiary alicyclic amines) is 2. The molecule has 0 aromatic heterocycles. The van der Waals surface area contributed by atoms with E-state index in [0.717, 1.165) is 19.4 Å². The minimum atomic E-state index is -4.08. The van der Waals surface area contributed by atoms with Crippen LogP contribution in [0.25, 0.3) is 0 Å². The average Bonchev–Trinajstić information content (AvgIpc) is 2.45. The summed E-state index contributed by atoms with van der Waals surface area (Å²) in [5, 5.41) is 0. The van der Waals surface area contributed by atoms with Crippen molar-refractivity contribution in [1.29, 1.82) is 0 Å². The van der Waals surface area contributed by atoms with Crippen LogP contribution in [0.2, 0.25) is 0 Å². The topological polar surface area (TPSA) is 32.8 Å². The van der Waals surface area contributed by atoms with Crippen LogP contribution in [0.1, 0.15) is 46.5 Å². The van der Waals surface area contributed by atoms with E-state index in [1.807, 2.05) is 25.7 Å². The summed E-state index contributed by atoms with van der Waals surface area (Å²) in [7, 11) is 0. The average molecular weight is 350 g/mol. The fourth-order valence-corrected chi connectivity index (χ4v) is 3.48. The van der Waals surface area contributed by atoms with Gasteiger partial charge in [-0.2, -0.15) is 13.2 Å². The van der Waals surface area contributed by atoms with E-state index in [-0.39, 0.29) is 19.1 Å². The van der Waals surface area contributed by atoms with Gasteiger partial charge in [0.05, 0.1) is 5.92 Å². The highest BCUT2D eigenvalue weighted by Gasteiger charge is 2.42. The molecule has 2 aliphatic rings. The number of halogens is 3. The van der Waals surface area contributed by atoms with Crippen LogP contribution in [0.5, 0.6) is 0 Å². The number of alkyl halides is 3. The normalized spacial score (nSPS) is 24.9. The van der Waals surface area contributed by atoms with Gasteiger partial charge in [0.2, 0.25) is 0 Å². The number of carbonyl (C=O) groups is 1. The van der Waals surface area contributed by atoms with Crippen molar-refractivity contribution < 1.29 is 22.7 Å². The van der Waals surface area contributed by atoms with Crippen molar-refractivity contribution in [2.45, 2.75) is 58.2 Å². The van der Waals surface area contributed by atoms with E-state index < -0.39 is 17.7 Å². The number of amides is 1. The molecule has 0 spiro atoms. The molecule has 0 bridgehead atoms. The molecule has 0 N–H and O–H groups in total. The molecule has 1 atom stereocenters. The Morgan fingerprint density at radius 3 is 2.25 bits per heavy atom. The maximum absolute atomic E-state index is 12.9. The minimum absolute atomic E-state index is 0.121. The molecule has 1 amide bonds. The van der Waals surface area contributed by atoms with Gasteiger partial charge in [-0.05, 0) is 58.9 Å². The third kappa shape index (κ3) is 5.83. The van der Waals surface area contributed by atoms with Gasteiger partial charge in [-0.3, -0.25) is 0 Å². The van der Waals surface area contributed by atoms with Crippen LogP contribution in [0.15, 0.2) is 0 Å². The lowest BCUT2D eigenvalue weighted by Gasteiger charge is -2.38. The molecule has 0 aliphatic carbocycles. The fraction of sp³-hybridized carbons (Fsp3) is 0.941. The summed E-state index contributed by atoms with van der Waals surface area (Å²) >= 11 is 0. The summed E-state index contributed by atoms with van der Waals surface area (Å²) in [6, 6.07) is 0. The van der Waals surface area contributed by atoms with E-state index in [2.05, 4.69) is 0 Å². The van der Waals surface area contributed by atoms with Gasteiger partial charge >= 0.3 is 12.3 Å². The zero-order valence-electron chi connectivity index (χ0n) is 14.9. The Bertz CT molecular complexity index is 427. The first-order valence-corrected chi connectivity index (χ1v) is 8.81.